The van der Waals surface area contributed by atoms with E-state index >= 15 is 0 Å². The van der Waals surface area contributed by atoms with Gasteiger partial charge in [0.15, 0.2) is 5.82 Å². The van der Waals surface area contributed by atoms with Gasteiger partial charge in [-0.25, -0.2) is 9.97 Å². The summed E-state index contributed by atoms with van der Waals surface area (Å²) in [5.41, 5.74) is 1.61. The summed E-state index contributed by atoms with van der Waals surface area (Å²) in [6.45, 7) is 4.29. The van der Waals surface area contributed by atoms with E-state index in [1.807, 2.05) is 50.2 Å². The summed E-state index contributed by atoms with van der Waals surface area (Å²) in [4.78, 5) is 24.9. The highest BCUT2D eigenvalue weighted by molar-refractivity contribution is 5.94. The molecule has 1 amide bonds. The van der Waals surface area contributed by atoms with Crippen molar-refractivity contribution >= 4 is 5.91 Å². The summed E-state index contributed by atoms with van der Waals surface area (Å²) in [6.07, 6.45) is 3.42. The molecule has 1 aromatic carbocycles. The van der Waals surface area contributed by atoms with Crippen molar-refractivity contribution in [2.24, 2.45) is 0 Å². The molecule has 0 saturated heterocycles. The van der Waals surface area contributed by atoms with Crippen molar-refractivity contribution in [2.45, 2.75) is 6.92 Å². The van der Waals surface area contributed by atoms with Crippen LogP contribution in [0.4, 0.5) is 0 Å². The van der Waals surface area contributed by atoms with Crippen molar-refractivity contribution in [3.8, 4) is 11.4 Å². The zero-order valence-corrected chi connectivity index (χ0v) is 13.4. The van der Waals surface area contributed by atoms with Crippen LogP contribution < -0.4 is 0 Å². The highest BCUT2D eigenvalue weighted by Gasteiger charge is 2.14. The molecule has 5 nitrogen and oxygen atoms in total. The summed E-state index contributed by atoms with van der Waals surface area (Å²) in [5.74, 6) is 0.728. The Hall–Kier alpha value is -2.27. The maximum absolute atomic E-state index is 12.5. The molecule has 2 rings (SSSR count). The van der Waals surface area contributed by atoms with Crippen molar-refractivity contribution in [3.63, 3.8) is 0 Å². The first-order chi connectivity index (χ1) is 10.6. The van der Waals surface area contributed by atoms with Gasteiger partial charge in [0.2, 0.25) is 0 Å². The van der Waals surface area contributed by atoms with Gasteiger partial charge in [-0.2, -0.15) is 0 Å². The molecule has 0 atom stereocenters. The lowest BCUT2D eigenvalue weighted by atomic mass is 10.1. The first kappa shape index (κ1) is 16.1. The lowest BCUT2D eigenvalue weighted by molar-refractivity contribution is 0.0754. The Bertz CT molecular complexity index is 596. The van der Waals surface area contributed by atoms with Gasteiger partial charge in [-0.05, 0) is 39.2 Å². The number of benzene rings is 1. The number of hydrogen-bond donors (Lipinski definition) is 0. The van der Waals surface area contributed by atoms with Crippen LogP contribution in [-0.4, -0.2) is 59.4 Å². The van der Waals surface area contributed by atoms with Crippen LogP contribution in [-0.2, 0) is 0 Å². The van der Waals surface area contributed by atoms with E-state index in [0.717, 1.165) is 18.7 Å². The minimum Gasteiger partial charge on any atom is -0.338 e. The summed E-state index contributed by atoms with van der Waals surface area (Å²) in [5, 5.41) is 0. The molecular weight excluding hydrogens is 276 g/mol. The first-order valence-electron chi connectivity index (χ1n) is 7.43. The van der Waals surface area contributed by atoms with E-state index in [1.165, 1.54) is 0 Å². The molecule has 5 heteroatoms. The number of aromatic nitrogens is 2. The van der Waals surface area contributed by atoms with E-state index in [9.17, 15) is 4.79 Å². The molecule has 0 fully saturated rings. The Balaban J connectivity index is 2.10. The Labute approximate surface area is 131 Å². The summed E-state index contributed by atoms with van der Waals surface area (Å²) in [6, 6.07) is 9.24. The van der Waals surface area contributed by atoms with Gasteiger partial charge in [0, 0.05) is 43.2 Å². The molecular formula is C17H22N4O. The molecule has 0 unspecified atom stereocenters. The third-order valence-electron chi connectivity index (χ3n) is 3.44. The van der Waals surface area contributed by atoms with Crippen molar-refractivity contribution in [2.75, 3.05) is 33.7 Å². The predicted molar refractivity (Wildman–Crippen MR) is 87.6 cm³/mol. The van der Waals surface area contributed by atoms with Crippen LogP contribution in [0.15, 0.2) is 42.7 Å². The summed E-state index contributed by atoms with van der Waals surface area (Å²) < 4.78 is 0. The fourth-order valence-corrected chi connectivity index (χ4v) is 2.12. The Morgan fingerprint density at radius 1 is 1.05 bits per heavy atom. The van der Waals surface area contributed by atoms with Gasteiger partial charge in [-0.1, -0.05) is 12.1 Å². The van der Waals surface area contributed by atoms with Crippen LogP contribution in [0.5, 0.6) is 0 Å². The van der Waals surface area contributed by atoms with E-state index in [4.69, 9.17) is 0 Å². The second-order valence-corrected chi connectivity index (χ2v) is 5.34. The molecule has 0 aliphatic heterocycles. The topological polar surface area (TPSA) is 49.3 Å². The number of hydrogen-bond acceptors (Lipinski definition) is 4. The second-order valence-electron chi connectivity index (χ2n) is 5.34. The van der Waals surface area contributed by atoms with E-state index in [-0.39, 0.29) is 5.91 Å². The molecule has 22 heavy (non-hydrogen) atoms. The molecule has 0 radical (unpaired) electrons. The number of carbonyl (C=O) groups excluding carboxylic acids is 1. The fraction of sp³-hybridized carbons (Fsp3) is 0.353. The molecule has 0 aliphatic rings. The largest absolute Gasteiger partial charge is 0.338 e. The maximum atomic E-state index is 12.5. The highest BCUT2D eigenvalue weighted by atomic mass is 16.2. The summed E-state index contributed by atoms with van der Waals surface area (Å²) >= 11 is 0. The van der Waals surface area contributed by atoms with E-state index < -0.39 is 0 Å². The molecule has 1 heterocycles. The van der Waals surface area contributed by atoms with E-state index in [2.05, 4.69) is 14.9 Å². The maximum Gasteiger partial charge on any atom is 0.253 e. The highest BCUT2D eigenvalue weighted by Crippen LogP contribution is 2.15. The normalized spacial score (nSPS) is 10.7. The van der Waals surface area contributed by atoms with Crippen LogP contribution >= 0.6 is 0 Å². The van der Waals surface area contributed by atoms with Gasteiger partial charge in [-0.15, -0.1) is 0 Å². The zero-order chi connectivity index (χ0) is 15.9. The zero-order valence-electron chi connectivity index (χ0n) is 13.4. The second kappa shape index (κ2) is 7.66. The van der Waals surface area contributed by atoms with E-state index in [0.29, 0.717) is 17.9 Å². The minimum atomic E-state index is 0.0601. The SMILES string of the molecule is CCN(CCN(C)C)C(=O)c1ccc(-c2ncccn2)cc1. The number of nitrogens with zero attached hydrogens (tertiary/aromatic N) is 4. The third-order valence-corrected chi connectivity index (χ3v) is 3.44. The average Bonchev–Trinajstić information content (AvgIpc) is 2.56. The lowest BCUT2D eigenvalue weighted by Gasteiger charge is -2.23. The van der Waals surface area contributed by atoms with Crippen molar-refractivity contribution in [3.05, 3.63) is 48.3 Å². The quantitative estimate of drug-likeness (QED) is 0.820. The van der Waals surface area contributed by atoms with Crippen molar-refractivity contribution in [1.82, 2.24) is 19.8 Å². The van der Waals surface area contributed by atoms with Crippen LogP contribution in [0.2, 0.25) is 0 Å². The standard InChI is InChI=1S/C17H22N4O/c1-4-21(13-12-20(2)3)17(22)15-8-6-14(7-9-15)16-18-10-5-11-19-16/h5-11H,4,12-13H2,1-3H3. The molecule has 0 aliphatic carbocycles. The monoisotopic (exact) mass is 298 g/mol. The number of likely N-dealkylation sites (N-methyl/N-ethyl adjacent to an activating group) is 2. The molecule has 0 bridgehead atoms. The van der Waals surface area contributed by atoms with Gasteiger partial charge < -0.3 is 9.80 Å². The van der Waals surface area contributed by atoms with Crippen molar-refractivity contribution < 1.29 is 4.79 Å². The van der Waals surface area contributed by atoms with Gasteiger partial charge in [0.1, 0.15) is 0 Å². The number of carbonyl (C=O) groups is 1. The first-order valence-corrected chi connectivity index (χ1v) is 7.43. The molecule has 116 valence electrons. The van der Waals surface area contributed by atoms with Crippen molar-refractivity contribution in [1.29, 1.82) is 0 Å². The van der Waals surface area contributed by atoms with Gasteiger partial charge >= 0.3 is 0 Å². The Kier molecular flexibility index (Phi) is 5.61. The number of amides is 1. The van der Waals surface area contributed by atoms with Gasteiger partial charge in [0.25, 0.3) is 5.91 Å². The van der Waals surface area contributed by atoms with Crippen LogP contribution in [0.3, 0.4) is 0 Å². The van der Waals surface area contributed by atoms with E-state index in [1.54, 1.807) is 18.5 Å². The third kappa shape index (κ3) is 4.11. The lowest BCUT2D eigenvalue weighted by Crippen LogP contribution is -2.36. The average molecular weight is 298 g/mol. The Morgan fingerprint density at radius 2 is 1.68 bits per heavy atom. The van der Waals surface area contributed by atoms with Crippen LogP contribution in [0, 0.1) is 0 Å². The fourth-order valence-electron chi connectivity index (χ4n) is 2.12. The van der Waals surface area contributed by atoms with Crippen LogP contribution in [0.1, 0.15) is 17.3 Å². The summed E-state index contributed by atoms with van der Waals surface area (Å²) in [7, 11) is 4.01. The molecule has 1 aromatic heterocycles. The molecule has 0 saturated carbocycles. The smallest absolute Gasteiger partial charge is 0.253 e. The molecule has 2 aromatic rings. The molecule has 0 spiro atoms. The van der Waals surface area contributed by atoms with Gasteiger partial charge in [-0.3, -0.25) is 4.79 Å². The van der Waals surface area contributed by atoms with Crippen LogP contribution in [0.25, 0.3) is 11.4 Å². The number of rotatable bonds is 6. The predicted octanol–water partition coefficient (Wildman–Crippen LogP) is 2.17. The Morgan fingerprint density at radius 3 is 2.23 bits per heavy atom. The van der Waals surface area contributed by atoms with Gasteiger partial charge in [0.05, 0.1) is 0 Å². The minimum absolute atomic E-state index is 0.0601. The molecule has 0 N–H and O–H groups in total.